The molecule has 5 nitrogen and oxygen atoms in total. The molecule has 0 saturated carbocycles. The highest BCUT2D eigenvalue weighted by atomic mass is 35.5. The molecule has 0 bridgehead atoms. The van der Waals surface area contributed by atoms with Crippen LogP contribution in [0.3, 0.4) is 0 Å². The van der Waals surface area contributed by atoms with E-state index in [1.54, 1.807) is 24.3 Å². The zero-order valence-corrected chi connectivity index (χ0v) is 13.9. The first-order valence-corrected chi connectivity index (χ1v) is 7.87. The lowest BCUT2D eigenvalue weighted by Crippen LogP contribution is -2.31. The van der Waals surface area contributed by atoms with Gasteiger partial charge < -0.3 is 10.6 Å². The molecule has 0 aliphatic heterocycles. The minimum absolute atomic E-state index is 0.160. The van der Waals surface area contributed by atoms with Crippen molar-refractivity contribution in [3.05, 3.63) is 65.0 Å². The first-order valence-electron chi connectivity index (χ1n) is 7.49. The molecular formula is C17H21ClN4O. The van der Waals surface area contributed by atoms with Crippen LogP contribution in [0.25, 0.3) is 0 Å². The van der Waals surface area contributed by atoms with Crippen molar-refractivity contribution in [3.63, 3.8) is 0 Å². The van der Waals surface area contributed by atoms with E-state index in [0.717, 1.165) is 11.3 Å². The van der Waals surface area contributed by atoms with Gasteiger partial charge in [0.25, 0.3) is 5.91 Å². The third-order valence-corrected chi connectivity index (χ3v) is 3.72. The zero-order valence-electron chi connectivity index (χ0n) is 13.2. The molecule has 1 amide bonds. The molecule has 0 fully saturated rings. The van der Waals surface area contributed by atoms with Crippen molar-refractivity contribution < 1.29 is 4.79 Å². The van der Waals surface area contributed by atoms with Gasteiger partial charge in [0.1, 0.15) is 0 Å². The van der Waals surface area contributed by atoms with Crippen molar-refractivity contribution in [1.29, 1.82) is 0 Å². The summed E-state index contributed by atoms with van der Waals surface area (Å²) in [6.07, 6.45) is 3.82. The molecule has 122 valence electrons. The molecule has 1 aromatic heterocycles. The van der Waals surface area contributed by atoms with E-state index in [4.69, 9.17) is 11.6 Å². The van der Waals surface area contributed by atoms with Crippen LogP contribution in [0.1, 0.15) is 21.6 Å². The Labute approximate surface area is 141 Å². The maximum absolute atomic E-state index is 12.0. The van der Waals surface area contributed by atoms with Gasteiger partial charge in [0.05, 0.1) is 22.8 Å². The Kier molecular flexibility index (Phi) is 6.38. The predicted molar refractivity (Wildman–Crippen MR) is 92.7 cm³/mol. The molecule has 1 heterocycles. The van der Waals surface area contributed by atoms with E-state index >= 15 is 0 Å². The van der Waals surface area contributed by atoms with Gasteiger partial charge in [0.15, 0.2) is 0 Å². The number of benzene rings is 1. The van der Waals surface area contributed by atoms with E-state index in [1.807, 2.05) is 23.9 Å². The third-order valence-electron chi connectivity index (χ3n) is 3.39. The summed E-state index contributed by atoms with van der Waals surface area (Å²) >= 11 is 5.99. The normalized spacial score (nSPS) is 10.5. The molecule has 0 aliphatic rings. The van der Waals surface area contributed by atoms with E-state index in [0.29, 0.717) is 36.8 Å². The Balaban J connectivity index is 1.73. The Morgan fingerprint density at radius 3 is 2.91 bits per heavy atom. The molecule has 1 aromatic carbocycles. The van der Waals surface area contributed by atoms with Crippen LogP contribution in [0.5, 0.6) is 0 Å². The largest absolute Gasteiger partial charge is 0.351 e. The highest BCUT2D eigenvalue weighted by molar-refractivity contribution is 6.33. The lowest BCUT2D eigenvalue weighted by Gasteiger charge is -2.07. The maximum Gasteiger partial charge on any atom is 0.252 e. The Hall–Kier alpha value is -2.11. The van der Waals surface area contributed by atoms with Crippen molar-refractivity contribution in [1.82, 2.24) is 20.4 Å². The van der Waals surface area contributed by atoms with Crippen LogP contribution in [-0.2, 0) is 13.1 Å². The molecule has 6 heteroatoms. The van der Waals surface area contributed by atoms with Gasteiger partial charge in [-0.3, -0.25) is 9.48 Å². The van der Waals surface area contributed by atoms with E-state index in [-0.39, 0.29) is 5.91 Å². The monoisotopic (exact) mass is 332 g/mol. The summed E-state index contributed by atoms with van der Waals surface area (Å²) in [5.41, 5.74) is 2.64. The lowest BCUT2D eigenvalue weighted by atomic mass is 10.2. The van der Waals surface area contributed by atoms with Gasteiger partial charge in [-0.25, -0.2) is 0 Å². The van der Waals surface area contributed by atoms with E-state index in [1.165, 1.54) is 0 Å². The Morgan fingerprint density at radius 2 is 2.17 bits per heavy atom. The second kappa shape index (κ2) is 8.50. The van der Waals surface area contributed by atoms with Crippen molar-refractivity contribution >= 4 is 17.5 Å². The first kappa shape index (κ1) is 17.2. The van der Waals surface area contributed by atoms with Gasteiger partial charge in [0, 0.05) is 31.4 Å². The van der Waals surface area contributed by atoms with Crippen LogP contribution in [0, 0.1) is 6.92 Å². The van der Waals surface area contributed by atoms with E-state index < -0.39 is 0 Å². The number of amides is 1. The quantitative estimate of drug-likeness (QED) is 0.577. The fourth-order valence-electron chi connectivity index (χ4n) is 2.19. The van der Waals surface area contributed by atoms with Crippen LogP contribution < -0.4 is 10.6 Å². The average molecular weight is 333 g/mol. The number of allylic oxidation sites excluding steroid dienone is 1. The summed E-state index contributed by atoms with van der Waals surface area (Å²) in [5, 5.41) is 11.0. The number of nitrogens with zero attached hydrogens (tertiary/aromatic N) is 2. The second-order valence-electron chi connectivity index (χ2n) is 5.16. The summed E-state index contributed by atoms with van der Waals surface area (Å²) in [4.78, 5) is 12.0. The number of halogens is 1. The molecule has 2 N–H and O–H groups in total. The Morgan fingerprint density at radius 1 is 1.39 bits per heavy atom. The highest BCUT2D eigenvalue weighted by Crippen LogP contribution is 2.14. The van der Waals surface area contributed by atoms with E-state index in [2.05, 4.69) is 22.3 Å². The molecule has 0 aliphatic carbocycles. The number of aromatic nitrogens is 2. The summed E-state index contributed by atoms with van der Waals surface area (Å²) in [7, 11) is 0. The topological polar surface area (TPSA) is 59.0 Å². The van der Waals surface area contributed by atoms with Crippen molar-refractivity contribution in [2.75, 3.05) is 13.1 Å². The molecule has 2 rings (SSSR count). The number of hydrogen-bond acceptors (Lipinski definition) is 3. The van der Waals surface area contributed by atoms with Gasteiger partial charge in [-0.2, -0.15) is 5.10 Å². The van der Waals surface area contributed by atoms with Gasteiger partial charge in [-0.1, -0.05) is 29.8 Å². The Bertz CT molecular complexity index is 681. The minimum Gasteiger partial charge on any atom is -0.351 e. The average Bonchev–Trinajstić information content (AvgIpc) is 2.87. The van der Waals surface area contributed by atoms with Gasteiger partial charge >= 0.3 is 0 Å². The molecule has 0 unspecified atom stereocenters. The van der Waals surface area contributed by atoms with Gasteiger partial charge in [-0.05, 0) is 19.1 Å². The van der Waals surface area contributed by atoms with Crippen LogP contribution in [0.2, 0.25) is 5.02 Å². The van der Waals surface area contributed by atoms with Crippen LogP contribution in [-0.4, -0.2) is 28.8 Å². The second-order valence-corrected chi connectivity index (χ2v) is 5.57. The third kappa shape index (κ3) is 4.94. The molecule has 0 saturated heterocycles. The number of carbonyl (C=O) groups is 1. The summed E-state index contributed by atoms with van der Waals surface area (Å²) in [6, 6.07) is 7.01. The number of rotatable bonds is 8. The molecule has 0 spiro atoms. The summed E-state index contributed by atoms with van der Waals surface area (Å²) in [6.45, 7) is 8.30. The molecule has 0 radical (unpaired) electrons. The van der Waals surface area contributed by atoms with Gasteiger partial charge in [0.2, 0.25) is 0 Å². The smallest absolute Gasteiger partial charge is 0.252 e. The number of carbonyl (C=O) groups excluding carboxylic acids is 1. The molecule has 0 atom stereocenters. The highest BCUT2D eigenvalue weighted by Gasteiger charge is 2.08. The number of aryl methyl sites for hydroxylation is 1. The fourth-order valence-corrected chi connectivity index (χ4v) is 2.41. The first-order chi connectivity index (χ1) is 11.1. The SMILES string of the molecule is C=CCn1cc(CNCCNC(=O)c2ccccc2Cl)c(C)n1. The van der Waals surface area contributed by atoms with Crippen LogP contribution in [0.4, 0.5) is 0 Å². The van der Waals surface area contributed by atoms with Crippen molar-refractivity contribution in [2.24, 2.45) is 0 Å². The van der Waals surface area contributed by atoms with Crippen molar-refractivity contribution in [2.45, 2.75) is 20.0 Å². The standard InChI is InChI=1S/C17H21ClN4O/c1-3-10-22-12-14(13(2)21-22)11-19-8-9-20-17(23)15-6-4-5-7-16(15)18/h3-7,12,19H,1,8-11H2,2H3,(H,20,23). The van der Waals surface area contributed by atoms with Crippen molar-refractivity contribution in [3.8, 4) is 0 Å². The fraction of sp³-hybridized carbons (Fsp3) is 0.294. The van der Waals surface area contributed by atoms with E-state index in [9.17, 15) is 4.79 Å². The molecule has 23 heavy (non-hydrogen) atoms. The zero-order chi connectivity index (χ0) is 16.7. The lowest BCUT2D eigenvalue weighted by molar-refractivity contribution is 0.0954. The summed E-state index contributed by atoms with van der Waals surface area (Å²) in [5.74, 6) is -0.160. The predicted octanol–water partition coefficient (Wildman–Crippen LogP) is 2.55. The number of hydrogen-bond donors (Lipinski definition) is 2. The molecular weight excluding hydrogens is 312 g/mol. The number of nitrogens with one attached hydrogen (secondary N) is 2. The van der Waals surface area contributed by atoms with Gasteiger partial charge in [-0.15, -0.1) is 6.58 Å². The molecule has 2 aromatic rings. The van der Waals surface area contributed by atoms with Crippen LogP contribution >= 0.6 is 11.6 Å². The van der Waals surface area contributed by atoms with Crippen LogP contribution in [0.15, 0.2) is 43.1 Å². The summed E-state index contributed by atoms with van der Waals surface area (Å²) < 4.78 is 1.86. The maximum atomic E-state index is 12.0. The minimum atomic E-state index is -0.160.